The molecule has 2 aliphatic rings. The zero-order valence-corrected chi connectivity index (χ0v) is 15.6. The van der Waals surface area contributed by atoms with Gasteiger partial charge in [-0.15, -0.1) is 0 Å². The molecule has 7 heteroatoms. The average molecular weight is 384 g/mol. The third-order valence-corrected chi connectivity index (χ3v) is 5.22. The summed E-state index contributed by atoms with van der Waals surface area (Å²) in [4.78, 5) is 14.9. The van der Waals surface area contributed by atoms with Crippen LogP contribution in [0.5, 0.6) is 5.75 Å². The van der Waals surface area contributed by atoms with E-state index in [9.17, 15) is 9.18 Å². The van der Waals surface area contributed by atoms with Crippen LogP contribution in [-0.4, -0.2) is 49.1 Å². The van der Waals surface area contributed by atoms with Crippen LogP contribution in [-0.2, 0) is 4.79 Å². The minimum Gasteiger partial charge on any atom is -0.492 e. The van der Waals surface area contributed by atoms with E-state index in [1.165, 1.54) is 17.7 Å². The molecule has 2 saturated heterocycles. The van der Waals surface area contributed by atoms with Gasteiger partial charge in [0.15, 0.2) is 0 Å². The predicted molar refractivity (Wildman–Crippen MR) is 104 cm³/mol. The number of halogens is 1. The van der Waals surface area contributed by atoms with Gasteiger partial charge in [-0.1, -0.05) is 36.4 Å². The molecule has 2 aliphatic heterocycles. The van der Waals surface area contributed by atoms with Gasteiger partial charge >= 0.3 is 0 Å². The Morgan fingerprint density at radius 2 is 2.00 bits per heavy atom. The first-order valence-electron chi connectivity index (χ1n) is 9.65. The highest BCUT2D eigenvalue weighted by molar-refractivity contribution is 5.82. The standard InChI is InChI=1S/C21H25FN4O2/c22-16-7-4-8-18(11-16)28-14-17-12-19(25-24-17)21(27)26-10-9-23-20(13-26)15-5-2-1-3-6-15/h1-8,11,17,19-20,23-25H,9-10,12-14H2. The van der Waals surface area contributed by atoms with Crippen molar-refractivity contribution in [2.45, 2.75) is 24.5 Å². The summed E-state index contributed by atoms with van der Waals surface area (Å²) in [6.07, 6.45) is 0.633. The molecule has 2 aromatic rings. The van der Waals surface area contributed by atoms with Crippen LogP contribution in [0, 0.1) is 5.82 Å². The Morgan fingerprint density at radius 3 is 2.82 bits per heavy atom. The van der Waals surface area contributed by atoms with Crippen molar-refractivity contribution in [2.75, 3.05) is 26.2 Å². The second-order valence-electron chi connectivity index (χ2n) is 7.24. The van der Waals surface area contributed by atoms with E-state index < -0.39 is 0 Å². The summed E-state index contributed by atoms with van der Waals surface area (Å²) in [6, 6.07) is 16.1. The number of carbonyl (C=O) groups is 1. The van der Waals surface area contributed by atoms with Gasteiger partial charge in [0.2, 0.25) is 5.91 Å². The van der Waals surface area contributed by atoms with Gasteiger partial charge < -0.3 is 15.0 Å². The molecule has 0 saturated carbocycles. The quantitative estimate of drug-likeness (QED) is 0.731. The van der Waals surface area contributed by atoms with E-state index in [0.29, 0.717) is 31.9 Å². The molecule has 28 heavy (non-hydrogen) atoms. The maximum atomic E-state index is 13.2. The molecule has 3 atom stereocenters. The van der Waals surface area contributed by atoms with Gasteiger partial charge in [-0.25, -0.2) is 9.82 Å². The fourth-order valence-corrected chi connectivity index (χ4v) is 3.73. The Balaban J connectivity index is 1.29. The van der Waals surface area contributed by atoms with Gasteiger partial charge in [-0.2, -0.15) is 0 Å². The first-order chi connectivity index (χ1) is 13.7. The lowest BCUT2D eigenvalue weighted by atomic mass is 10.0. The highest BCUT2D eigenvalue weighted by Gasteiger charge is 2.34. The second-order valence-corrected chi connectivity index (χ2v) is 7.24. The molecule has 0 radical (unpaired) electrons. The van der Waals surface area contributed by atoms with Gasteiger partial charge in [0.1, 0.15) is 24.2 Å². The fraction of sp³-hybridized carbons (Fsp3) is 0.381. The van der Waals surface area contributed by atoms with E-state index in [4.69, 9.17) is 4.74 Å². The largest absolute Gasteiger partial charge is 0.492 e. The minimum atomic E-state index is -0.324. The number of benzene rings is 2. The fourth-order valence-electron chi connectivity index (χ4n) is 3.73. The molecular formula is C21H25FN4O2. The van der Waals surface area contributed by atoms with Crippen molar-refractivity contribution < 1.29 is 13.9 Å². The number of nitrogens with zero attached hydrogens (tertiary/aromatic N) is 1. The minimum absolute atomic E-state index is 0.00921. The van der Waals surface area contributed by atoms with E-state index in [-0.39, 0.29) is 29.8 Å². The van der Waals surface area contributed by atoms with Gasteiger partial charge in [0.05, 0.1) is 6.04 Å². The van der Waals surface area contributed by atoms with Crippen molar-refractivity contribution >= 4 is 5.91 Å². The second kappa shape index (κ2) is 8.68. The first-order valence-corrected chi connectivity index (χ1v) is 9.65. The topological polar surface area (TPSA) is 65.6 Å². The molecule has 3 N–H and O–H groups in total. The van der Waals surface area contributed by atoms with E-state index in [2.05, 4.69) is 28.3 Å². The maximum absolute atomic E-state index is 13.2. The lowest BCUT2D eigenvalue weighted by Gasteiger charge is -2.35. The first kappa shape index (κ1) is 18.9. The summed E-state index contributed by atoms with van der Waals surface area (Å²) in [5.41, 5.74) is 7.41. The summed E-state index contributed by atoms with van der Waals surface area (Å²) in [6.45, 7) is 2.50. The third-order valence-electron chi connectivity index (χ3n) is 5.22. The molecule has 6 nitrogen and oxygen atoms in total. The smallest absolute Gasteiger partial charge is 0.241 e. The molecule has 0 bridgehead atoms. The van der Waals surface area contributed by atoms with Crippen molar-refractivity contribution in [3.8, 4) is 5.75 Å². The Bertz CT molecular complexity index is 804. The summed E-state index contributed by atoms with van der Waals surface area (Å²) < 4.78 is 18.9. The van der Waals surface area contributed by atoms with Crippen molar-refractivity contribution in [3.05, 3.63) is 66.0 Å². The Kier molecular flexibility index (Phi) is 5.85. The van der Waals surface area contributed by atoms with Crippen LogP contribution >= 0.6 is 0 Å². The number of hydrogen-bond acceptors (Lipinski definition) is 5. The molecule has 2 aromatic carbocycles. The predicted octanol–water partition coefficient (Wildman–Crippen LogP) is 1.61. The molecule has 2 fully saturated rings. The lowest BCUT2D eigenvalue weighted by molar-refractivity contribution is -0.134. The summed E-state index contributed by atoms with van der Waals surface area (Å²) in [7, 11) is 0. The van der Waals surface area contributed by atoms with Crippen LogP contribution in [0.25, 0.3) is 0 Å². The summed E-state index contributed by atoms with van der Waals surface area (Å²) >= 11 is 0. The van der Waals surface area contributed by atoms with Crippen LogP contribution in [0.4, 0.5) is 4.39 Å². The number of nitrogens with one attached hydrogen (secondary N) is 3. The molecular weight excluding hydrogens is 359 g/mol. The molecule has 0 aliphatic carbocycles. The highest BCUT2D eigenvalue weighted by atomic mass is 19.1. The highest BCUT2D eigenvalue weighted by Crippen LogP contribution is 2.19. The van der Waals surface area contributed by atoms with Gasteiger partial charge in [-0.3, -0.25) is 10.2 Å². The number of piperazine rings is 1. The zero-order valence-electron chi connectivity index (χ0n) is 15.6. The van der Waals surface area contributed by atoms with Crippen LogP contribution in [0.15, 0.2) is 54.6 Å². The van der Waals surface area contributed by atoms with Crippen molar-refractivity contribution in [1.82, 2.24) is 21.1 Å². The number of carbonyl (C=O) groups excluding carboxylic acids is 1. The van der Waals surface area contributed by atoms with E-state index >= 15 is 0 Å². The molecule has 1 amide bonds. The third kappa shape index (κ3) is 4.49. The van der Waals surface area contributed by atoms with E-state index in [0.717, 1.165) is 6.54 Å². The average Bonchev–Trinajstić information content (AvgIpc) is 3.22. The zero-order chi connectivity index (χ0) is 19.3. The molecule has 0 aromatic heterocycles. The molecule has 148 valence electrons. The number of ether oxygens (including phenoxy) is 1. The molecule has 3 unspecified atom stereocenters. The summed E-state index contributed by atoms with van der Waals surface area (Å²) in [5.74, 6) is 0.266. The van der Waals surface area contributed by atoms with Gasteiger partial charge in [-0.05, 0) is 24.1 Å². The normalized spacial score (nSPS) is 24.9. The van der Waals surface area contributed by atoms with Gasteiger partial charge in [0, 0.05) is 31.7 Å². The number of rotatable bonds is 5. The van der Waals surface area contributed by atoms with Crippen molar-refractivity contribution in [1.29, 1.82) is 0 Å². The van der Waals surface area contributed by atoms with Gasteiger partial charge in [0.25, 0.3) is 0 Å². The van der Waals surface area contributed by atoms with Crippen LogP contribution in [0.2, 0.25) is 0 Å². The Morgan fingerprint density at radius 1 is 1.14 bits per heavy atom. The molecule has 4 rings (SSSR count). The Labute approximate surface area is 164 Å². The number of hydrogen-bond donors (Lipinski definition) is 3. The maximum Gasteiger partial charge on any atom is 0.241 e. The lowest BCUT2D eigenvalue weighted by Crippen LogP contribution is -2.53. The van der Waals surface area contributed by atoms with Crippen LogP contribution < -0.4 is 20.9 Å². The van der Waals surface area contributed by atoms with Crippen molar-refractivity contribution in [2.24, 2.45) is 0 Å². The van der Waals surface area contributed by atoms with Crippen molar-refractivity contribution in [3.63, 3.8) is 0 Å². The molecule has 2 heterocycles. The van der Waals surface area contributed by atoms with E-state index in [1.807, 2.05) is 23.1 Å². The number of amides is 1. The SMILES string of the molecule is O=C(C1CC(COc2cccc(F)c2)NN1)N1CCNC(c2ccccc2)C1. The van der Waals surface area contributed by atoms with E-state index in [1.54, 1.807) is 12.1 Å². The van der Waals surface area contributed by atoms with Crippen LogP contribution in [0.3, 0.4) is 0 Å². The summed E-state index contributed by atoms with van der Waals surface area (Å²) in [5, 5.41) is 3.48. The Hall–Kier alpha value is -2.48. The van der Waals surface area contributed by atoms with Crippen LogP contribution in [0.1, 0.15) is 18.0 Å². The monoisotopic (exact) mass is 384 g/mol. The number of hydrazine groups is 1. The molecule has 0 spiro atoms.